The number of hydrogen-bond donors (Lipinski definition) is 0. The Bertz CT molecular complexity index is 308. The molecule has 0 heterocycles. The minimum atomic E-state index is 0.795. The van der Waals surface area contributed by atoms with E-state index in [1.807, 2.05) is 0 Å². The quantitative estimate of drug-likeness (QED) is 0.695. The molecule has 0 spiro atoms. The van der Waals surface area contributed by atoms with Crippen LogP contribution in [0.25, 0.3) is 0 Å². The Morgan fingerprint density at radius 2 is 1.67 bits per heavy atom. The summed E-state index contributed by atoms with van der Waals surface area (Å²) in [4.78, 5) is 4.87. The summed E-state index contributed by atoms with van der Waals surface area (Å²) in [6.45, 7) is 11.3. The number of para-hydroxylation sites is 1. The van der Waals surface area contributed by atoms with Crippen molar-refractivity contribution in [1.29, 1.82) is 0 Å². The van der Waals surface area contributed by atoms with Gasteiger partial charge in [0.1, 0.15) is 0 Å². The number of hydrogen-bond acceptors (Lipinski definition) is 2. The van der Waals surface area contributed by atoms with Gasteiger partial charge in [-0.2, -0.15) is 0 Å². The van der Waals surface area contributed by atoms with E-state index in [1.165, 1.54) is 18.7 Å². The van der Waals surface area contributed by atoms with Crippen molar-refractivity contribution in [3.8, 4) is 0 Å². The predicted molar refractivity (Wildman–Crippen MR) is 81.3 cm³/mol. The molecular weight excluding hydrogens is 220 g/mol. The molecule has 1 aromatic carbocycles. The zero-order valence-electron chi connectivity index (χ0n) is 12.4. The third-order valence-electron chi connectivity index (χ3n) is 3.34. The van der Waals surface area contributed by atoms with Crippen LogP contribution in [0, 0.1) is 5.92 Å². The summed E-state index contributed by atoms with van der Waals surface area (Å²) < 4.78 is 0. The first-order valence-electron chi connectivity index (χ1n) is 7.12. The molecule has 18 heavy (non-hydrogen) atoms. The van der Waals surface area contributed by atoms with E-state index in [0.29, 0.717) is 0 Å². The summed E-state index contributed by atoms with van der Waals surface area (Å²) in [5.41, 5.74) is 1.33. The fourth-order valence-corrected chi connectivity index (χ4v) is 1.99. The highest BCUT2D eigenvalue weighted by molar-refractivity contribution is 5.45. The maximum Gasteiger partial charge on any atom is 0.0366 e. The van der Waals surface area contributed by atoms with Gasteiger partial charge in [0, 0.05) is 25.3 Å². The van der Waals surface area contributed by atoms with E-state index in [4.69, 9.17) is 0 Å². The Morgan fingerprint density at radius 3 is 2.22 bits per heavy atom. The highest BCUT2D eigenvalue weighted by Crippen LogP contribution is 2.12. The van der Waals surface area contributed by atoms with Gasteiger partial charge in [0.25, 0.3) is 0 Å². The zero-order valence-corrected chi connectivity index (χ0v) is 12.4. The molecule has 2 nitrogen and oxygen atoms in total. The van der Waals surface area contributed by atoms with Crippen molar-refractivity contribution in [3.05, 3.63) is 30.3 Å². The number of anilines is 1. The molecule has 0 atom stereocenters. The van der Waals surface area contributed by atoms with Gasteiger partial charge in [0.15, 0.2) is 0 Å². The molecule has 1 rings (SSSR count). The molecule has 0 N–H and O–H groups in total. The lowest BCUT2D eigenvalue weighted by Gasteiger charge is -2.26. The topological polar surface area (TPSA) is 6.48 Å². The van der Waals surface area contributed by atoms with Gasteiger partial charge in [-0.3, -0.25) is 0 Å². The summed E-state index contributed by atoms with van der Waals surface area (Å²) >= 11 is 0. The van der Waals surface area contributed by atoms with E-state index in [0.717, 1.165) is 25.6 Å². The van der Waals surface area contributed by atoms with E-state index in [9.17, 15) is 0 Å². The molecule has 0 fully saturated rings. The molecule has 0 bridgehead atoms. The van der Waals surface area contributed by atoms with Gasteiger partial charge in [-0.1, -0.05) is 32.0 Å². The van der Waals surface area contributed by atoms with E-state index >= 15 is 0 Å². The summed E-state index contributed by atoms with van der Waals surface area (Å²) in [5.74, 6) is 0.795. The first-order chi connectivity index (χ1) is 8.63. The van der Waals surface area contributed by atoms with Crippen LogP contribution in [0.1, 0.15) is 27.2 Å². The van der Waals surface area contributed by atoms with Crippen LogP contribution in [-0.2, 0) is 0 Å². The van der Waals surface area contributed by atoms with E-state index in [-0.39, 0.29) is 0 Å². The average Bonchev–Trinajstić information content (AvgIpc) is 2.38. The van der Waals surface area contributed by atoms with Gasteiger partial charge in [0.2, 0.25) is 0 Å². The number of likely N-dealkylation sites (N-methyl/N-ethyl adjacent to an activating group) is 2. The number of benzene rings is 1. The molecule has 0 aromatic heterocycles. The molecule has 0 unspecified atom stereocenters. The molecule has 0 saturated heterocycles. The van der Waals surface area contributed by atoms with Crippen molar-refractivity contribution in [2.24, 2.45) is 5.92 Å². The average molecular weight is 248 g/mol. The molecule has 102 valence electrons. The fraction of sp³-hybridized carbons (Fsp3) is 0.625. The van der Waals surface area contributed by atoms with Crippen LogP contribution < -0.4 is 4.90 Å². The molecule has 0 aliphatic heterocycles. The lowest BCUT2D eigenvalue weighted by molar-refractivity contribution is 0.315. The lowest BCUT2D eigenvalue weighted by atomic mass is 10.1. The predicted octanol–water partition coefficient (Wildman–Crippen LogP) is 3.49. The molecule has 0 radical (unpaired) electrons. The van der Waals surface area contributed by atoms with Crippen LogP contribution in [0.2, 0.25) is 0 Å². The van der Waals surface area contributed by atoms with Gasteiger partial charge in [0.05, 0.1) is 0 Å². The fourth-order valence-electron chi connectivity index (χ4n) is 1.99. The van der Waals surface area contributed by atoms with Gasteiger partial charge in [-0.15, -0.1) is 0 Å². The molecule has 0 amide bonds. The first kappa shape index (κ1) is 15.0. The Morgan fingerprint density at radius 1 is 1.00 bits per heavy atom. The van der Waals surface area contributed by atoms with Crippen molar-refractivity contribution in [1.82, 2.24) is 4.90 Å². The second-order valence-electron chi connectivity index (χ2n) is 5.40. The van der Waals surface area contributed by atoms with Crippen molar-refractivity contribution in [2.45, 2.75) is 27.2 Å². The lowest BCUT2D eigenvalue weighted by Crippen LogP contribution is -2.33. The maximum absolute atomic E-state index is 2.44. The molecule has 0 saturated carbocycles. The monoisotopic (exact) mass is 248 g/mol. The van der Waals surface area contributed by atoms with Crippen molar-refractivity contribution >= 4 is 5.69 Å². The summed E-state index contributed by atoms with van der Waals surface area (Å²) in [7, 11) is 2.22. The van der Waals surface area contributed by atoms with E-state index < -0.39 is 0 Å². The maximum atomic E-state index is 2.44. The van der Waals surface area contributed by atoms with E-state index in [1.54, 1.807) is 0 Å². The standard InChI is InChI=1S/C16H28N2/c1-5-18(16-9-7-6-8-10-16)14-13-17(4)12-11-15(2)3/h6-10,15H,5,11-14H2,1-4H3. The van der Waals surface area contributed by atoms with Crippen molar-refractivity contribution in [2.75, 3.05) is 38.1 Å². The Labute approximate surface area is 113 Å². The first-order valence-corrected chi connectivity index (χ1v) is 7.12. The van der Waals surface area contributed by atoms with Crippen molar-refractivity contribution in [3.63, 3.8) is 0 Å². The second kappa shape index (κ2) is 8.15. The Hall–Kier alpha value is -1.02. The van der Waals surface area contributed by atoms with Gasteiger partial charge < -0.3 is 9.80 Å². The van der Waals surface area contributed by atoms with Crippen LogP contribution >= 0.6 is 0 Å². The second-order valence-corrected chi connectivity index (χ2v) is 5.40. The number of rotatable bonds is 8. The smallest absolute Gasteiger partial charge is 0.0366 e. The SMILES string of the molecule is CCN(CCN(C)CCC(C)C)c1ccccc1. The normalized spacial score (nSPS) is 11.2. The van der Waals surface area contributed by atoms with Gasteiger partial charge >= 0.3 is 0 Å². The highest BCUT2D eigenvalue weighted by atomic mass is 15.2. The minimum absolute atomic E-state index is 0.795. The molecule has 0 aliphatic rings. The third-order valence-corrected chi connectivity index (χ3v) is 3.34. The van der Waals surface area contributed by atoms with Gasteiger partial charge in [-0.25, -0.2) is 0 Å². The molecule has 2 heteroatoms. The minimum Gasteiger partial charge on any atom is -0.371 e. The van der Waals surface area contributed by atoms with Gasteiger partial charge in [-0.05, 0) is 45.0 Å². The Kier molecular flexibility index (Phi) is 6.81. The summed E-state index contributed by atoms with van der Waals surface area (Å²) in [5, 5.41) is 0. The molecule has 1 aromatic rings. The zero-order chi connectivity index (χ0) is 13.4. The van der Waals surface area contributed by atoms with Crippen LogP contribution in [0.5, 0.6) is 0 Å². The van der Waals surface area contributed by atoms with Crippen LogP contribution in [0.15, 0.2) is 30.3 Å². The molecule has 0 aliphatic carbocycles. The van der Waals surface area contributed by atoms with Crippen molar-refractivity contribution < 1.29 is 0 Å². The summed E-state index contributed by atoms with van der Waals surface area (Å²) in [6.07, 6.45) is 1.29. The van der Waals surface area contributed by atoms with Crippen LogP contribution in [0.4, 0.5) is 5.69 Å². The Balaban J connectivity index is 2.36. The molecular formula is C16H28N2. The van der Waals surface area contributed by atoms with Crippen LogP contribution in [-0.4, -0.2) is 38.1 Å². The number of nitrogens with zero attached hydrogens (tertiary/aromatic N) is 2. The third kappa shape index (κ3) is 5.54. The highest BCUT2D eigenvalue weighted by Gasteiger charge is 2.06. The summed E-state index contributed by atoms with van der Waals surface area (Å²) in [6, 6.07) is 10.7. The largest absolute Gasteiger partial charge is 0.371 e. The van der Waals surface area contributed by atoms with E-state index in [2.05, 4.69) is 68.0 Å². The van der Waals surface area contributed by atoms with Crippen LogP contribution in [0.3, 0.4) is 0 Å².